The Bertz CT molecular complexity index is 623. The molecular formula is C13H14N4O2. The zero-order valence-corrected chi connectivity index (χ0v) is 10.5. The van der Waals surface area contributed by atoms with Crippen LogP contribution in [0.15, 0.2) is 30.6 Å². The highest BCUT2D eigenvalue weighted by molar-refractivity contribution is 5.82. The van der Waals surface area contributed by atoms with Gasteiger partial charge >= 0.3 is 5.97 Å². The minimum absolute atomic E-state index is 0.468. The number of carboxylic acid groups (broad SMARTS) is 1. The normalized spacial score (nSPS) is 17.5. The molecule has 19 heavy (non-hydrogen) atoms. The summed E-state index contributed by atoms with van der Waals surface area (Å²) in [5, 5.41) is 13.3. The third-order valence-electron chi connectivity index (χ3n) is 3.49. The number of para-hydroxylation sites is 1. The standard InChI is InChI=1S/C13H14N4O2/c1-16-12(14-8-15-16)7-17-6-10(13(18)19)9-4-2-3-5-11(9)17/h2-5,8,10H,6-7H2,1H3,(H,18,19). The first-order valence-electron chi connectivity index (χ1n) is 6.06. The lowest BCUT2D eigenvalue weighted by Gasteiger charge is -2.18. The number of fused-ring (bicyclic) bond motifs is 1. The number of benzene rings is 1. The average molecular weight is 258 g/mol. The van der Waals surface area contributed by atoms with Crippen molar-refractivity contribution in [2.75, 3.05) is 11.4 Å². The van der Waals surface area contributed by atoms with Gasteiger partial charge in [-0.15, -0.1) is 0 Å². The second kappa shape index (κ2) is 4.38. The molecule has 1 aromatic carbocycles. The summed E-state index contributed by atoms with van der Waals surface area (Å²) in [4.78, 5) is 17.5. The highest BCUT2D eigenvalue weighted by Gasteiger charge is 2.33. The van der Waals surface area contributed by atoms with Crippen LogP contribution in [0, 0.1) is 0 Å². The highest BCUT2D eigenvalue weighted by atomic mass is 16.4. The molecule has 6 heteroatoms. The summed E-state index contributed by atoms with van der Waals surface area (Å²) in [5.74, 6) is -0.432. The Kier molecular flexibility index (Phi) is 2.70. The molecule has 3 rings (SSSR count). The van der Waals surface area contributed by atoms with Crippen LogP contribution in [0.1, 0.15) is 17.3 Å². The predicted molar refractivity (Wildman–Crippen MR) is 68.9 cm³/mol. The molecule has 0 bridgehead atoms. The topological polar surface area (TPSA) is 71.2 Å². The van der Waals surface area contributed by atoms with Crippen LogP contribution in [-0.4, -0.2) is 32.4 Å². The summed E-state index contributed by atoms with van der Waals surface area (Å²) in [7, 11) is 1.83. The van der Waals surface area contributed by atoms with E-state index in [9.17, 15) is 9.90 Å². The number of carboxylic acids is 1. The van der Waals surface area contributed by atoms with Crippen molar-refractivity contribution >= 4 is 11.7 Å². The van der Waals surface area contributed by atoms with Gasteiger partial charge in [0.05, 0.1) is 6.54 Å². The van der Waals surface area contributed by atoms with Crippen LogP contribution in [0.4, 0.5) is 5.69 Å². The number of hydrogen-bond donors (Lipinski definition) is 1. The Morgan fingerprint density at radius 1 is 1.47 bits per heavy atom. The van der Waals surface area contributed by atoms with Gasteiger partial charge in [0.1, 0.15) is 18.1 Å². The molecule has 6 nitrogen and oxygen atoms in total. The molecule has 2 heterocycles. The molecule has 0 aliphatic carbocycles. The Morgan fingerprint density at radius 3 is 2.95 bits per heavy atom. The molecule has 0 spiro atoms. The number of carbonyl (C=O) groups is 1. The van der Waals surface area contributed by atoms with Crippen molar-refractivity contribution in [3.05, 3.63) is 42.0 Å². The Balaban J connectivity index is 1.93. The van der Waals surface area contributed by atoms with Gasteiger partial charge in [0, 0.05) is 19.3 Å². The highest BCUT2D eigenvalue weighted by Crippen LogP contribution is 2.36. The molecule has 1 unspecified atom stereocenters. The van der Waals surface area contributed by atoms with Crippen molar-refractivity contribution in [2.45, 2.75) is 12.5 Å². The minimum Gasteiger partial charge on any atom is -0.481 e. The molecule has 0 saturated carbocycles. The number of nitrogens with zero attached hydrogens (tertiary/aromatic N) is 4. The summed E-state index contributed by atoms with van der Waals surface area (Å²) in [6.07, 6.45) is 1.51. The van der Waals surface area contributed by atoms with Gasteiger partial charge in [-0.05, 0) is 11.6 Å². The fourth-order valence-corrected chi connectivity index (χ4v) is 2.48. The molecule has 1 atom stereocenters. The second-order valence-corrected chi connectivity index (χ2v) is 4.63. The molecule has 1 N–H and O–H groups in total. The van der Waals surface area contributed by atoms with Crippen molar-refractivity contribution in [1.29, 1.82) is 0 Å². The van der Waals surface area contributed by atoms with Gasteiger partial charge in [-0.3, -0.25) is 9.48 Å². The van der Waals surface area contributed by atoms with Gasteiger partial charge in [-0.1, -0.05) is 18.2 Å². The zero-order valence-electron chi connectivity index (χ0n) is 10.5. The SMILES string of the molecule is Cn1ncnc1CN1CC(C(=O)O)c2ccccc21. The first-order valence-corrected chi connectivity index (χ1v) is 6.06. The van der Waals surface area contributed by atoms with Gasteiger partial charge < -0.3 is 10.0 Å². The molecule has 0 amide bonds. The third-order valence-corrected chi connectivity index (χ3v) is 3.49. The van der Waals surface area contributed by atoms with Crippen molar-refractivity contribution < 1.29 is 9.90 Å². The van der Waals surface area contributed by atoms with Crippen LogP contribution in [0.5, 0.6) is 0 Å². The molecule has 1 aromatic heterocycles. The number of aryl methyl sites for hydroxylation is 1. The van der Waals surface area contributed by atoms with E-state index in [-0.39, 0.29) is 0 Å². The van der Waals surface area contributed by atoms with E-state index in [2.05, 4.69) is 10.1 Å². The van der Waals surface area contributed by atoms with E-state index in [4.69, 9.17) is 0 Å². The van der Waals surface area contributed by atoms with Crippen LogP contribution in [0.2, 0.25) is 0 Å². The Labute approximate surface area is 110 Å². The van der Waals surface area contributed by atoms with E-state index in [1.807, 2.05) is 36.2 Å². The van der Waals surface area contributed by atoms with E-state index in [0.29, 0.717) is 13.1 Å². The molecule has 0 radical (unpaired) electrons. The summed E-state index contributed by atoms with van der Waals surface area (Å²) >= 11 is 0. The first-order chi connectivity index (χ1) is 9.16. The van der Waals surface area contributed by atoms with E-state index in [1.165, 1.54) is 6.33 Å². The lowest BCUT2D eigenvalue weighted by atomic mass is 10.0. The van der Waals surface area contributed by atoms with E-state index in [1.54, 1.807) is 4.68 Å². The minimum atomic E-state index is -0.784. The van der Waals surface area contributed by atoms with E-state index in [0.717, 1.165) is 17.1 Å². The third kappa shape index (κ3) is 1.95. The number of aliphatic carboxylic acids is 1. The second-order valence-electron chi connectivity index (χ2n) is 4.63. The maximum atomic E-state index is 11.3. The summed E-state index contributed by atoms with van der Waals surface area (Å²) in [6.45, 7) is 1.04. The quantitative estimate of drug-likeness (QED) is 0.889. The Morgan fingerprint density at radius 2 is 2.26 bits per heavy atom. The predicted octanol–water partition coefficient (Wildman–Crippen LogP) is 1.00. The van der Waals surface area contributed by atoms with Gasteiger partial charge in [0.15, 0.2) is 0 Å². The van der Waals surface area contributed by atoms with Crippen molar-refractivity contribution in [3.8, 4) is 0 Å². The van der Waals surface area contributed by atoms with Gasteiger partial charge in [-0.2, -0.15) is 5.10 Å². The maximum Gasteiger partial charge on any atom is 0.312 e. The van der Waals surface area contributed by atoms with E-state index < -0.39 is 11.9 Å². The smallest absolute Gasteiger partial charge is 0.312 e. The first kappa shape index (κ1) is 11.7. The van der Waals surface area contributed by atoms with Crippen LogP contribution in [0.3, 0.4) is 0 Å². The fraction of sp³-hybridized carbons (Fsp3) is 0.308. The van der Waals surface area contributed by atoms with Crippen LogP contribution in [0.25, 0.3) is 0 Å². The summed E-state index contributed by atoms with van der Waals surface area (Å²) in [6, 6.07) is 7.63. The fourth-order valence-electron chi connectivity index (χ4n) is 2.48. The maximum absolute atomic E-state index is 11.3. The number of rotatable bonds is 3. The van der Waals surface area contributed by atoms with Crippen molar-refractivity contribution in [3.63, 3.8) is 0 Å². The number of hydrogen-bond acceptors (Lipinski definition) is 4. The number of aromatic nitrogens is 3. The van der Waals surface area contributed by atoms with Crippen LogP contribution < -0.4 is 4.90 Å². The zero-order chi connectivity index (χ0) is 13.4. The summed E-state index contributed by atoms with van der Waals surface area (Å²) < 4.78 is 1.71. The lowest BCUT2D eigenvalue weighted by Crippen LogP contribution is -2.25. The van der Waals surface area contributed by atoms with Gasteiger partial charge in [0.2, 0.25) is 0 Å². The molecule has 98 valence electrons. The lowest BCUT2D eigenvalue weighted by molar-refractivity contribution is -0.138. The van der Waals surface area contributed by atoms with Gasteiger partial charge in [-0.25, -0.2) is 4.98 Å². The van der Waals surface area contributed by atoms with E-state index >= 15 is 0 Å². The van der Waals surface area contributed by atoms with Gasteiger partial charge in [0.25, 0.3) is 0 Å². The monoisotopic (exact) mass is 258 g/mol. The molecule has 1 aliphatic heterocycles. The Hall–Kier alpha value is -2.37. The summed E-state index contributed by atoms with van der Waals surface area (Å²) in [5.41, 5.74) is 1.84. The molecular weight excluding hydrogens is 244 g/mol. The van der Waals surface area contributed by atoms with Crippen molar-refractivity contribution in [2.24, 2.45) is 7.05 Å². The van der Waals surface area contributed by atoms with Crippen LogP contribution >= 0.6 is 0 Å². The molecule has 2 aromatic rings. The van der Waals surface area contributed by atoms with Crippen molar-refractivity contribution in [1.82, 2.24) is 14.8 Å². The molecule has 0 fully saturated rings. The van der Waals surface area contributed by atoms with Crippen LogP contribution in [-0.2, 0) is 18.4 Å². The molecule has 0 saturated heterocycles. The number of anilines is 1. The average Bonchev–Trinajstić information content (AvgIpc) is 2.96. The largest absolute Gasteiger partial charge is 0.481 e. The molecule has 1 aliphatic rings.